The molecule has 0 aliphatic heterocycles. The van der Waals surface area contributed by atoms with Crippen molar-refractivity contribution in [1.82, 2.24) is 0 Å². The fraction of sp³-hybridized carbons (Fsp3) is 0.467. The molecule has 0 radical (unpaired) electrons. The van der Waals surface area contributed by atoms with Crippen molar-refractivity contribution >= 4 is 17.6 Å². The van der Waals surface area contributed by atoms with Crippen molar-refractivity contribution in [2.24, 2.45) is 0 Å². The van der Waals surface area contributed by atoms with Gasteiger partial charge in [0.2, 0.25) is 0 Å². The van der Waals surface area contributed by atoms with Crippen LogP contribution in [0.1, 0.15) is 26.2 Å². The van der Waals surface area contributed by atoms with Crippen LogP contribution in [0.25, 0.3) is 0 Å². The Bertz CT molecular complexity index is 457. The number of hydrogen-bond donors (Lipinski definition) is 2. The summed E-state index contributed by atoms with van der Waals surface area (Å²) in [6, 6.07) is 7.28. The van der Waals surface area contributed by atoms with Gasteiger partial charge in [-0.25, -0.2) is 0 Å². The SMILES string of the molecule is CCCOc1ccccc1N(CCC(=O)O)CCC(=O)O. The molecule has 0 aliphatic rings. The number of carboxylic acid groups (broad SMARTS) is 2. The van der Waals surface area contributed by atoms with Crippen LogP contribution in [0.3, 0.4) is 0 Å². The summed E-state index contributed by atoms with van der Waals surface area (Å²) in [5.41, 5.74) is 0.730. The first-order chi connectivity index (χ1) is 10.0. The van der Waals surface area contributed by atoms with Gasteiger partial charge in [0, 0.05) is 13.1 Å². The zero-order valence-corrected chi connectivity index (χ0v) is 12.1. The van der Waals surface area contributed by atoms with Crippen LogP contribution in [-0.4, -0.2) is 41.8 Å². The average Bonchev–Trinajstić information content (AvgIpc) is 2.45. The number of benzene rings is 1. The van der Waals surface area contributed by atoms with Gasteiger partial charge in [-0.3, -0.25) is 9.59 Å². The highest BCUT2D eigenvalue weighted by Gasteiger charge is 2.14. The van der Waals surface area contributed by atoms with E-state index in [9.17, 15) is 9.59 Å². The predicted octanol–water partition coefficient (Wildman–Crippen LogP) is 2.23. The number of anilines is 1. The quantitative estimate of drug-likeness (QED) is 0.688. The average molecular weight is 295 g/mol. The van der Waals surface area contributed by atoms with Crippen molar-refractivity contribution in [3.05, 3.63) is 24.3 Å². The lowest BCUT2D eigenvalue weighted by atomic mass is 10.2. The second-order valence-electron chi connectivity index (χ2n) is 4.59. The molecule has 116 valence electrons. The van der Waals surface area contributed by atoms with E-state index >= 15 is 0 Å². The fourth-order valence-corrected chi connectivity index (χ4v) is 1.87. The lowest BCUT2D eigenvalue weighted by molar-refractivity contribution is -0.137. The van der Waals surface area contributed by atoms with E-state index in [1.807, 2.05) is 25.1 Å². The summed E-state index contributed by atoms with van der Waals surface area (Å²) in [7, 11) is 0. The number of hydrogen-bond acceptors (Lipinski definition) is 4. The van der Waals surface area contributed by atoms with E-state index in [0.717, 1.165) is 12.1 Å². The molecule has 0 atom stereocenters. The summed E-state index contributed by atoms with van der Waals surface area (Å²) in [5.74, 6) is -1.18. The highest BCUT2D eigenvalue weighted by Crippen LogP contribution is 2.28. The minimum absolute atomic E-state index is 0.0538. The van der Waals surface area contributed by atoms with E-state index in [4.69, 9.17) is 14.9 Å². The van der Waals surface area contributed by atoms with Gasteiger partial charge in [0.05, 0.1) is 25.1 Å². The van der Waals surface area contributed by atoms with Crippen LogP contribution in [0, 0.1) is 0 Å². The van der Waals surface area contributed by atoms with E-state index in [2.05, 4.69) is 0 Å². The van der Waals surface area contributed by atoms with Gasteiger partial charge in [-0.1, -0.05) is 19.1 Å². The molecule has 21 heavy (non-hydrogen) atoms. The zero-order valence-electron chi connectivity index (χ0n) is 12.1. The first-order valence-electron chi connectivity index (χ1n) is 6.95. The maximum Gasteiger partial charge on any atom is 0.305 e. The third-order valence-corrected chi connectivity index (χ3v) is 2.86. The summed E-state index contributed by atoms with van der Waals surface area (Å²) in [6.07, 6.45) is 0.752. The molecule has 6 heteroatoms. The predicted molar refractivity (Wildman–Crippen MR) is 78.9 cm³/mol. The molecule has 0 bridgehead atoms. The number of carboxylic acids is 2. The lowest BCUT2D eigenvalue weighted by Crippen LogP contribution is -2.29. The van der Waals surface area contributed by atoms with Crippen molar-refractivity contribution < 1.29 is 24.5 Å². The Morgan fingerprint density at radius 3 is 2.19 bits per heavy atom. The fourth-order valence-electron chi connectivity index (χ4n) is 1.87. The van der Waals surface area contributed by atoms with Crippen molar-refractivity contribution in [2.45, 2.75) is 26.2 Å². The molecular formula is C15H21NO5. The molecule has 0 saturated carbocycles. The van der Waals surface area contributed by atoms with E-state index in [-0.39, 0.29) is 25.9 Å². The topological polar surface area (TPSA) is 87.1 Å². The molecule has 1 rings (SSSR count). The monoisotopic (exact) mass is 295 g/mol. The van der Waals surface area contributed by atoms with Crippen LogP contribution >= 0.6 is 0 Å². The molecule has 0 saturated heterocycles. The Morgan fingerprint density at radius 1 is 1.10 bits per heavy atom. The van der Waals surface area contributed by atoms with Crippen LogP contribution in [0.15, 0.2) is 24.3 Å². The molecule has 1 aromatic rings. The molecule has 2 N–H and O–H groups in total. The van der Waals surface area contributed by atoms with Gasteiger partial charge in [0.15, 0.2) is 0 Å². The van der Waals surface area contributed by atoms with E-state index in [1.54, 1.807) is 11.0 Å². The number of rotatable bonds is 10. The summed E-state index contributed by atoms with van der Waals surface area (Å²) in [4.78, 5) is 23.3. The molecule has 0 heterocycles. The Morgan fingerprint density at radius 2 is 1.67 bits per heavy atom. The maximum atomic E-state index is 10.8. The van der Waals surface area contributed by atoms with Gasteiger partial charge in [0.1, 0.15) is 5.75 Å². The molecule has 1 aromatic carbocycles. The van der Waals surface area contributed by atoms with Crippen LogP contribution in [0.5, 0.6) is 5.75 Å². The van der Waals surface area contributed by atoms with Crippen LogP contribution in [0.2, 0.25) is 0 Å². The van der Waals surface area contributed by atoms with E-state index < -0.39 is 11.9 Å². The highest BCUT2D eigenvalue weighted by molar-refractivity contribution is 5.70. The number of nitrogens with zero attached hydrogens (tertiary/aromatic N) is 1. The summed E-state index contributed by atoms with van der Waals surface area (Å²) >= 11 is 0. The van der Waals surface area contributed by atoms with Crippen molar-refractivity contribution in [2.75, 3.05) is 24.6 Å². The smallest absolute Gasteiger partial charge is 0.305 e. The van der Waals surface area contributed by atoms with Crippen molar-refractivity contribution in [3.8, 4) is 5.75 Å². The summed E-state index contributed by atoms with van der Waals surface area (Å²) in [5, 5.41) is 17.6. The number of aliphatic carboxylic acids is 2. The van der Waals surface area contributed by atoms with Gasteiger partial charge < -0.3 is 19.8 Å². The Kier molecular flexibility index (Phi) is 7.08. The number of para-hydroxylation sites is 2. The Hall–Kier alpha value is -2.24. The lowest BCUT2D eigenvalue weighted by Gasteiger charge is -2.25. The standard InChI is InChI=1S/C15H21NO5/c1-2-11-21-13-6-4-3-5-12(13)16(9-7-14(17)18)10-8-15(19)20/h3-6H,2,7-11H2,1H3,(H,17,18)(H,19,20). The zero-order chi connectivity index (χ0) is 15.7. The first kappa shape index (κ1) is 16.8. The Balaban J connectivity index is 2.88. The van der Waals surface area contributed by atoms with Crippen LogP contribution in [-0.2, 0) is 9.59 Å². The van der Waals surface area contributed by atoms with Gasteiger partial charge in [-0.2, -0.15) is 0 Å². The number of carbonyl (C=O) groups is 2. The van der Waals surface area contributed by atoms with Crippen molar-refractivity contribution in [3.63, 3.8) is 0 Å². The van der Waals surface area contributed by atoms with Gasteiger partial charge in [0.25, 0.3) is 0 Å². The van der Waals surface area contributed by atoms with Gasteiger partial charge in [-0.05, 0) is 18.6 Å². The van der Waals surface area contributed by atoms with E-state index in [0.29, 0.717) is 12.4 Å². The van der Waals surface area contributed by atoms with Crippen LogP contribution in [0.4, 0.5) is 5.69 Å². The molecule has 0 amide bonds. The third-order valence-electron chi connectivity index (χ3n) is 2.86. The van der Waals surface area contributed by atoms with Crippen LogP contribution < -0.4 is 9.64 Å². The second kappa shape index (κ2) is 8.84. The highest BCUT2D eigenvalue weighted by atomic mass is 16.5. The summed E-state index contributed by atoms with van der Waals surface area (Å²) in [6.45, 7) is 3.04. The van der Waals surface area contributed by atoms with Crippen molar-refractivity contribution in [1.29, 1.82) is 0 Å². The largest absolute Gasteiger partial charge is 0.491 e. The molecule has 0 spiro atoms. The van der Waals surface area contributed by atoms with E-state index in [1.165, 1.54) is 0 Å². The molecular weight excluding hydrogens is 274 g/mol. The Labute approximate surface area is 124 Å². The minimum Gasteiger partial charge on any atom is -0.491 e. The van der Waals surface area contributed by atoms with Gasteiger partial charge in [-0.15, -0.1) is 0 Å². The second-order valence-corrected chi connectivity index (χ2v) is 4.59. The third kappa shape index (κ3) is 6.16. The molecule has 0 fully saturated rings. The molecule has 6 nitrogen and oxygen atoms in total. The van der Waals surface area contributed by atoms with Gasteiger partial charge >= 0.3 is 11.9 Å². The normalized spacial score (nSPS) is 10.1. The minimum atomic E-state index is -0.915. The summed E-state index contributed by atoms with van der Waals surface area (Å²) < 4.78 is 5.64. The molecule has 0 aliphatic carbocycles. The number of ether oxygens (including phenoxy) is 1. The molecule has 0 aromatic heterocycles. The molecule has 0 unspecified atom stereocenters. The first-order valence-corrected chi connectivity index (χ1v) is 6.95. The maximum absolute atomic E-state index is 10.8.